The number of fused-ring (bicyclic) bond motifs is 2. The van der Waals surface area contributed by atoms with Crippen LogP contribution in [0, 0.1) is 11.3 Å². The van der Waals surface area contributed by atoms with E-state index in [1.165, 1.54) is 11.1 Å². The molecule has 2 heterocycles. The fourth-order valence-corrected chi connectivity index (χ4v) is 8.20. The highest BCUT2D eigenvalue weighted by Gasteiger charge is 2.45. The molecule has 0 atom stereocenters. The van der Waals surface area contributed by atoms with Gasteiger partial charge in [0.1, 0.15) is 11.5 Å². The standard InChI is InChI=1S/C53H34N4O/c54-35-36-24-26-39(27-25-36)51-55-50(38-14-4-1-5-15-38)56-52(57-51)40-30-28-37(29-31-40)44-20-10-11-21-45(44)41-32-33-49-47(34-41)53(42-16-6-2-7-17-42,43-18-8-3-9-19-43)46-22-12-13-23-48(46)58-49/h1-34H. The summed E-state index contributed by atoms with van der Waals surface area (Å²) < 4.78 is 6.69. The van der Waals surface area contributed by atoms with Crippen LogP contribution >= 0.6 is 0 Å². The van der Waals surface area contributed by atoms with Crippen molar-refractivity contribution in [3.05, 3.63) is 234 Å². The van der Waals surface area contributed by atoms with Crippen LogP contribution in [0.3, 0.4) is 0 Å². The molecule has 0 N–H and O–H groups in total. The van der Waals surface area contributed by atoms with Crippen molar-refractivity contribution < 1.29 is 4.74 Å². The van der Waals surface area contributed by atoms with Crippen molar-refractivity contribution >= 4 is 0 Å². The number of para-hydroxylation sites is 1. The quantitative estimate of drug-likeness (QED) is 0.163. The molecular weight excluding hydrogens is 709 g/mol. The zero-order chi connectivity index (χ0) is 38.9. The van der Waals surface area contributed by atoms with Crippen LogP contribution in [-0.2, 0) is 5.41 Å². The van der Waals surface area contributed by atoms with Gasteiger partial charge < -0.3 is 4.74 Å². The van der Waals surface area contributed by atoms with Crippen molar-refractivity contribution in [1.29, 1.82) is 5.26 Å². The highest BCUT2D eigenvalue weighted by Crippen LogP contribution is 2.56. The molecule has 0 bridgehead atoms. The zero-order valence-electron chi connectivity index (χ0n) is 31.3. The summed E-state index contributed by atoms with van der Waals surface area (Å²) in [5, 5.41) is 9.36. The summed E-state index contributed by atoms with van der Waals surface area (Å²) in [6, 6.07) is 73.0. The minimum Gasteiger partial charge on any atom is -0.457 e. The van der Waals surface area contributed by atoms with Gasteiger partial charge in [-0.1, -0.05) is 164 Å². The lowest BCUT2D eigenvalue weighted by Gasteiger charge is -2.41. The molecule has 9 aromatic rings. The summed E-state index contributed by atoms with van der Waals surface area (Å²) in [5.74, 6) is 3.39. The molecule has 0 saturated heterocycles. The van der Waals surface area contributed by atoms with E-state index < -0.39 is 5.41 Å². The minimum atomic E-state index is -0.612. The maximum absolute atomic E-state index is 9.36. The first-order valence-electron chi connectivity index (χ1n) is 19.2. The van der Waals surface area contributed by atoms with Gasteiger partial charge in [0.15, 0.2) is 17.5 Å². The van der Waals surface area contributed by atoms with E-state index in [0.717, 1.165) is 61.6 Å². The highest BCUT2D eigenvalue weighted by molar-refractivity contribution is 5.86. The van der Waals surface area contributed by atoms with E-state index in [1.54, 1.807) is 12.1 Å². The van der Waals surface area contributed by atoms with Crippen LogP contribution < -0.4 is 4.74 Å². The third-order valence-corrected chi connectivity index (χ3v) is 10.9. The van der Waals surface area contributed by atoms with Crippen molar-refractivity contribution in [2.45, 2.75) is 5.41 Å². The van der Waals surface area contributed by atoms with Gasteiger partial charge in [0.2, 0.25) is 0 Å². The summed E-state index contributed by atoms with van der Waals surface area (Å²) in [4.78, 5) is 14.7. The van der Waals surface area contributed by atoms with E-state index in [-0.39, 0.29) is 0 Å². The third-order valence-electron chi connectivity index (χ3n) is 10.9. The maximum atomic E-state index is 9.36. The average Bonchev–Trinajstić information content (AvgIpc) is 3.31. The number of nitriles is 1. The predicted molar refractivity (Wildman–Crippen MR) is 230 cm³/mol. The number of hydrogen-bond donors (Lipinski definition) is 0. The lowest BCUT2D eigenvalue weighted by Crippen LogP contribution is -2.34. The lowest BCUT2D eigenvalue weighted by molar-refractivity contribution is 0.434. The maximum Gasteiger partial charge on any atom is 0.164 e. The second kappa shape index (κ2) is 14.6. The van der Waals surface area contributed by atoms with E-state index in [4.69, 9.17) is 19.7 Å². The molecule has 0 spiro atoms. The number of benzene rings is 8. The summed E-state index contributed by atoms with van der Waals surface area (Å²) in [6.45, 7) is 0. The monoisotopic (exact) mass is 742 g/mol. The molecule has 0 saturated carbocycles. The van der Waals surface area contributed by atoms with Gasteiger partial charge in [-0.25, -0.2) is 15.0 Å². The largest absolute Gasteiger partial charge is 0.457 e. The molecule has 0 unspecified atom stereocenters. The second-order valence-corrected chi connectivity index (χ2v) is 14.3. The summed E-state index contributed by atoms with van der Waals surface area (Å²) >= 11 is 0. The Morgan fingerprint density at radius 3 is 1.40 bits per heavy atom. The Morgan fingerprint density at radius 1 is 0.379 bits per heavy atom. The molecule has 58 heavy (non-hydrogen) atoms. The Hall–Kier alpha value is -7.94. The third kappa shape index (κ3) is 6.01. The molecule has 1 aliphatic heterocycles. The molecule has 0 fully saturated rings. The molecule has 0 radical (unpaired) electrons. The van der Waals surface area contributed by atoms with Crippen LogP contribution in [0.2, 0.25) is 0 Å². The number of rotatable bonds is 7. The van der Waals surface area contributed by atoms with Crippen LogP contribution in [-0.4, -0.2) is 15.0 Å². The SMILES string of the molecule is N#Cc1ccc(-c2nc(-c3ccccc3)nc(-c3ccc(-c4ccccc4-c4ccc5c(c4)C(c4ccccc4)(c4ccccc4)c4ccccc4O5)cc3)n2)cc1. The summed E-state index contributed by atoms with van der Waals surface area (Å²) in [6.07, 6.45) is 0. The molecular formula is C53H34N4O. The zero-order valence-corrected chi connectivity index (χ0v) is 31.3. The fourth-order valence-electron chi connectivity index (χ4n) is 8.20. The van der Waals surface area contributed by atoms with Gasteiger partial charge in [-0.15, -0.1) is 0 Å². The lowest BCUT2D eigenvalue weighted by atomic mass is 9.63. The Bertz CT molecular complexity index is 2920. The van der Waals surface area contributed by atoms with Gasteiger partial charge in [-0.05, 0) is 75.8 Å². The van der Waals surface area contributed by atoms with Gasteiger partial charge in [0.05, 0.1) is 17.0 Å². The molecule has 272 valence electrons. The van der Waals surface area contributed by atoms with Gasteiger partial charge in [0.25, 0.3) is 0 Å². The number of nitrogens with zero attached hydrogens (tertiary/aromatic N) is 4. The van der Waals surface area contributed by atoms with E-state index in [2.05, 4.69) is 152 Å². The fraction of sp³-hybridized carbons (Fsp3) is 0.0189. The van der Waals surface area contributed by atoms with Crippen LogP contribution in [0.5, 0.6) is 11.5 Å². The van der Waals surface area contributed by atoms with Gasteiger partial charge >= 0.3 is 0 Å². The van der Waals surface area contributed by atoms with Crippen molar-refractivity contribution in [3.8, 4) is 74.0 Å². The van der Waals surface area contributed by atoms with Crippen LogP contribution in [0.1, 0.15) is 27.8 Å². The average molecular weight is 743 g/mol. The summed E-state index contributed by atoms with van der Waals surface area (Å²) in [7, 11) is 0. The first-order chi connectivity index (χ1) is 28.7. The smallest absolute Gasteiger partial charge is 0.164 e. The molecule has 0 amide bonds. The Kier molecular flexibility index (Phi) is 8.70. The van der Waals surface area contributed by atoms with Crippen molar-refractivity contribution in [1.82, 2.24) is 15.0 Å². The highest BCUT2D eigenvalue weighted by atomic mass is 16.5. The molecule has 0 aliphatic carbocycles. The molecule has 10 rings (SSSR count). The van der Waals surface area contributed by atoms with Crippen molar-refractivity contribution in [2.24, 2.45) is 0 Å². The first kappa shape index (κ1) is 34.5. The van der Waals surface area contributed by atoms with Crippen molar-refractivity contribution in [3.63, 3.8) is 0 Å². The Labute approximate surface area is 337 Å². The molecule has 5 heteroatoms. The molecule has 5 nitrogen and oxygen atoms in total. The molecule has 1 aliphatic rings. The van der Waals surface area contributed by atoms with Gasteiger partial charge in [-0.2, -0.15) is 5.26 Å². The first-order valence-corrected chi connectivity index (χ1v) is 19.2. The molecule has 1 aromatic heterocycles. The van der Waals surface area contributed by atoms with E-state index in [9.17, 15) is 5.26 Å². The van der Waals surface area contributed by atoms with Crippen molar-refractivity contribution in [2.75, 3.05) is 0 Å². The predicted octanol–water partition coefficient (Wildman–Crippen LogP) is 12.6. The molecule has 8 aromatic carbocycles. The van der Waals surface area contributed by atoms with Crippen LogP contribution in [0.4, 0.5) is 0 Å². The number of aromatic nitrogens is 3. The van der Waals surface area contributed by atoms with Gasteiger partial charge in [0, 0.05) is 27.8 Å². The minimum absolute atomic E-state index is 0.545. The van der Waals surface area contributed by atoms with E-state index in [0.29, 0.717) is 23.0 Å². The second-order valence-electron chi connectivity index (χ2n) is 14.3. The topological polar surface area (TPSA) is 71.7 Å². The summed E-state index contributed by atoms with van der Waals surface area (Å²) in [5.41, 5.74) is 11.5. The Morgan fingerprint density at radius 2 is 0.810 bits per heavy atom. The number of ether oxygens (including phenoxy) is 1. The normalized spacial score (nSPS) is 12.4. The van der Waals surface area contributed by atoms with E-state index >= 15 is 0 Å². The van der Waals surface area contributed by atoms with Crippen LogP contribution in [0.25, 0.3) is 56.4 Å². The van der Waals surface area contributed by atoms with E-state index in [1.807, 2.05) is 48.5 Å². The van der Waals surface area contributed by atoms with Gasteiger partial charge in [-0.3, -0.25) is 0 Å². The van der Waals surface area contributed by atoms with Crippen LogP contribution in [0.15, 0.2) is 206 Å². The Balaban J connectivity index is 1.08. The number of hydrogen-bond acceptors (Lipinski definition) is 5.